The number of carbonyl (C=O) groups excluding carboxylic acids is 2. The van der Waals surface area contributed by atoms with Crippen LogP contribution in [0, 0.1) is 5.92 Å². The van der Waals surface area contributed by atoms with Gasteiger partial charge in [-0.15, -0.1) is 0 Å². The number of likely N-dealkylation sites (tertiary alicyclic amines) is 1. The van der Waals surface area contributed by atoms with Crippen molar-refractivity contribution in [1.29, 1.82) is 0 Å². The summed E-state index contributed by atoms with van der Waals surface area (Å²) in [6.07, 6.45) is 0.255. The number of anilines is 1. The van der Waals surface area contributed by atoms with Crippen molar-refractivity contribution >= 4 is 17.5 Å². The first kappa shape index (κ1) is 18.9. The lowest BCUT2D eigenvalue weighted by atomic mass is 10.0. The molecule has 2 unspecified atom stereocenters. The molecule has 29 heavy (non-hydrogen) atoms. The molecule has 1 heterocycles. The zero-order valence-electron chi connectivity index (χ0n) is 16.4. The summed E-state index contributed by atoms with van der Waals surface area (Å²) in [6.45, 7) is 2.46. The smallest absolute Gasteiger partial charge is 0.229 e. The number of amides is 2. The summed E-state index contributed by atoms with van der Waals surface area (Å²) in [6, 6.07) is 27.8. The van der Waals surface area contributed by atoms with Crippen LogP contribution in [0.3, 0.4) is 0 Å². The predicted molar refractivity (Wildman–Crippen MR) is 115 cm³/mol. The fourth-order valence-corrected chi connectivity index (χ4v) is 3.81. The molecular formula is C25H24N2O2. The monoisotopic (exact) mass is 384 g/mol. The first-order chi connectivity index (χ1) is 14.1. The molecule has 2 atom stereocenters. The quantitative estimate of drug-likeness (QED) is 0.680. The predicted octanol–water partition coefficient (Wildman–Crippen LogP) is 4.90. The molecule has 146 valence electrons. The molecule has 3 aromatic rings. The molecular weight excluding hydrogens is 360 g/mol. The minimum absolute atomic E-state index is 0.0286. The minimum Gasteiger partial charge on any atom is -0.335 e. The number of rotatable bonds is 5. The Kier molecular flexibility index (Phi) is 5.43. The van der Waals surface area contributed by atoms with Gasteiger partial charge in [-0.25, -0.2) is 0 Å². The largest absolute Gasteiger partial charge is 0.335 e. The summed E-state index contributed by atoms with van der Waals surface area (Å²) >= 11 is 0. The number of nitrogens with one attached hydrogen (secondary N) is 1. The van der Waals surface area contributed by atoms with Crippen LogP contribution >= 0.6 is 0 Å². The Hall–Kier alpha value is -3.40. The lowest BCUT2D eigenvalue weighted by molar-refractivity contribution is -0.129. The van der Waals surface area contributed by atoms with Crippen LogP contribution in [0.4, 0.5) is 5.69 Å². The maximum absolute atomic E-state index is 12.7. The normalized spacial score (nSPS) is 17.2. The highest BCUT2D eigenvalue weighted by Crippen LogP contribution is 2.29. The average molecular weight is 384 g/mol. The van der Waals surface area contributed by atoms with E-state index in [1.807, 2.05) is 79.7 Å². The maximum atomic E-state index is 12.7. The molecule has 1 fully saturated rings. The van der Waals surface area contributed by atoms with Gasteiger partial charge >= 0.3 is 0 Å². The van der Waals surface area contributed by atoms with Crippen LogP contribution in [0.2, 0.25) is 0 Å². The molecule has 1 saturated heterocycles. The second-order valence-electron chi connectivity index (χ2n) is 7.47. The first-order valence-electron chi connectivity index (χ1n) is 9.92. The second-order valence-corrected chi connectivity index (χ2v) is 7.47. The molecule has 0 saturated carbocycles. The maximum Gasteiger partial charge on any atom is 0.229 e. The van der Waals surface area contributed by atoms with E-state index in [9.17, 15) is 9.59 Å². The highest BCUT2D eigenvalue weighted by atomic mass is 16.2. The second kappa shape index (κ2) is 8.31. The molecule has 0 aliphatic carbocycles. The van der Waals surface area contributed by atoms with Crippen molar-refractivity contribution in [1.82, 2.24) is 4.90 Å². The molecule has 1 N–H and O–H groups in total. The molecule has 4 nitrogen and oxygen atoms in total. The topological polar surface area (TPSA) is 49.4 Å². The third-order valence-corrected chi connectivity index (χ3v) is 5.54. The van der Waals surface area contributed by atoms with E-state index in [1.54, 1.807) is 4.90 Å². The number of nitrogens with zero attached hydrogens (tertiary/aromatic N) is 1. The van der Waals surface area contributed by atoms with E-state index in [0.717, 1.165) is 22.4 Å². The molecule has 4 heteroatoms. The summed E-state index contributed by atoms with van der Waals surface area (Å²) < 4.78 is 0. The van der Waals surface area contributed by atoms with Crippen molar-refractivity contribution in [3.05, 3.63) is 90.5 Å². The van der Waals surface area contributed by atoms with Gasteiger partial charge in [0.15, 0.2) is 0 Å². The van der Waals surface area contributed by atoms with Crippen LogP contribution in [-0.4, -0.2) is 23.3 Å². The van der Waals surface area contributed by atoms with Gasteiger partial charge in [-0.2, -0.15) is 0 Å². The molecule has 2 amide bonds. The van der Waals surface area contributed by atoms with Gasteiger partial charge in [0.1, 0.15) is 0 Å². The van der Waals surface area contributed by atoms with Crippen LogP contribution in [0.5, 0.6) is 0 Å². The molecule has 3 aromatic carbocycles. The highest BCUT2D eigenvalue weighted by molar-refractivity contribution is 5.97. The number of carbonyl (C=O) groups is 2. The summed E-state index contributed by atoms with van der Waals surface area (Å²) in [5.74, 6) is -0.406. The van der Waals surface area contributed by atoms with Crippen molar-refractivity contribution < 1.29 is 9.59 Å². The number of benzene rings is 3. The summed E-state index contributed by atoms with van der Waals surface area (Å²) in [5, 5.41) is 2.96. The van der Waals surface area contributed by atoms with Gasteiger partial charge in [-0.05, 0) is 35.7 Å². The Balaban J connectivity index is 1.40. The van der Waals surface area contributed by atoms with Crippen molar-refractivity contribution in [2.45, 2.75) is 19.4 Å². The van der Waals surface area contributed by atoms with Gasteiger partial charge in [-0.1, -0.05) is 72.8 Å². The SMILES string of the molecule is CC(c1ccccc1)N1CC(C(=O)Nc2ccc(-c3ccccc3)cc2)CC1=O. The lowest BCUT2D eigenvalue weighted by Gasteiger charge is -2.25. The zero-order valence-corrected chi connectivity index (χ0v) is 16.4. The van der Waals surface area contributed by atoms with Crippen LogP contribution in [-0.2, 0) is 9.59 Å². The zero-order chi connectivity index (χ0) is 20.2. The van der Waals surface area contributed by atoms with Gasteiger partial charge in [0, 0.05) is 18.7 Å². The van der Waals surface area contributed by atoms with E-state index in [2.05, 4.69) is 17.4 Å². The fourth-order valence-electron chi connectivity index (χ4n) is 3.81. The lowest BCUT2D eigenvalue weighted by Crippen LogP contribution is -2.30. The molecule has 0 radical (unpaired) electrons. The van der Waals surface area contributed by atoms with Crippen LogP contribution < -0.4 is 5.32 Å². The van der Waals surface area contributed by atoms with Crippen molar-refractivity contribution in [3.63, 3.8) is 0 Å². The fraction of sp³-hybridized carbons (Fsp3) is 0.200. The van der Waals surface area contributed by atoms with Crippen molar-refractivity contribution in [2.24, 2.45) is 5.92 Å². The standard InChI is InChI=1S/C25H24N2O2/c1-18(19-8-4-2-5-9-19)27-17-22(16-24(27)28)25(29)26-23-14-12-21(13-15-23)20-10-6-3-7-11-20/h2-15,18,22H,16-17H2,1H3,(H,26,29). The van der Waals surface area contributed by atoms with Crippen LogP contribution in [0.15, 0.2) is 84.9 Å². The molecule has 0 bridgehead atoms. The number of hydrogen-bond acceptors (Lipinski definition) is 2. The summed E-state index contributed by atoms with van der Waals surface area (Å²) in [5.41, 5.74) is 4.06. The Morgan fingerprint density at radius 2 is 1.48 bits per heavy atom. The Bertz CT molecular complexity index is 984. The third-order valence-electron chi connectivity index (χ3n) is 5.54. The molecule has 4 rings (SSSR count). The van der Waals surface area contributed by atoms with E-state index < -0.39 is 0 Å². The Morgan fingerprint density at radius 3 is 2.14 bits per heavy atom. The van der Waals surface area contributed by atoms with Gasteiger partial charge in [0.05, 0.1) is 12.0 Å². The van der Waals surface area contributed by atoms with E-state index in [0.29, 0.717) is 6.54 Å². The van der Waals surface area contributed by atoms with Crippen molar-refractivity contribution in [3.8, 4) is 11.1 Å². The summed E-state index contributed by atoms with van der Waals surface area (Å²) in [4.78, 5) is 27.0. The van der Waals surface area contributed by atoms with Gasteiger partial charge in [0.2, 0.25) is 11.8 Å². The Morgan fingerprint density at radius 1 is 0.897 bits per heavy atom. The first-order valence-corrected chi connectivity index (χ1v) is 9.92. The van der Waals surface area contributed by atoms with E-state index >= 15 is 0 Å². The summed E-state index contributed by atoms with van der Waals surface area (Å²) in [7, 11) is 0. The van der Waals surface area contributed by atoms with E-state index in [-0.39, 0.29) is 30.2 Å². The van der Waals surface area contributed by atoms with E-state index in [1.165, 1.54) is 0 Å². The number of hydrogen-bond donors (Lipinski definition) is 1. The van der Waals surface area contributed by atoms with Gasteiger partial charge in [0.25, 0.3) is 0 Å². The minimum atomic E-state index is -0.331. The molecule has 1 aliphatic heterocycles. The van der Waals surface area contributed by atoms with Gasteiger partial charge in [-0.3, -0.25) is 9.59 Å². The molecule has 1 aliphatic rings. The van der Waals surface area contributed by atoms with Gasteiger partial charge < -0.3 is 10.2 Å². The van der Waals surface area contributed by atoms with Crippen molar-refractivity contribution in [2.75, 3.05) is 11.9 Å². The van der Waals surface area contributed by atoms with Crippen LogP contribution in [0.1, 0.15) is 24.9 Å². The highest BCUT2D eigenvalue weighted by Gasteiger charge is 2.37. The molecule has 0 aromatic heterocycles. The van der Waals surface area contributed by atoms with E-state index in [4.69, 9.17) is 0 Å². The average Bonchev–Trinajstić information content (AvgIpc) is 3.17. The molecule has 0 spiro atoms. The van der Waals surface area contributed by atoms with Crippen LogP contribution in [0.25, 0.3) is 11.1 Å². The Labute approximate surface area is 171 Å². The third kappa shape index (κ3) is 4.21.